The molecule has 1 unspecified atom stereocenters. The van der Waals surface area contributed by atoms with Crippen LogP contribution in [-0.4, -0.2) is 22.8 Å². The minimum atomic E-state index is -0.258. The molecule has 5 nitrogen and oxygen atoms in total. The van der Waals surface area contributed by atoms with Crippen molar-refractivity contribution in [2.24, 2.45) is 0 Å². The molecule has 2 heterocycles. The second kappa shape index (κ2) is 6.20. The van der Waals surface area contributed by atoms with Gasteiger partial charge in [0, 0.05) is 29.5 Å². The number of pyridine rings is 1. The molecule has 118 valence electrons. The van der Waals surface area contributed by atoms with Gasteiger partial charge in [0.05, 0.1) is 0 Å². The Kier molecular flexibility index (Phi) is 4.10. The number of amides is 2. The van der Waals surface area contributed by atoms with Crippen LogP contribution < -0.4 is 10.2 Å². The van der Waals surface area contributed by atoms with Crippen molar-refractivity contribution in [3.8, 4) is 0 Å². The van der Waals surface area contributed by atoms with E-state index in [-0.39, 0.29) is 17.9 Å². The zero-order valence-corrected chi connectivity index (χ0v) is 13.2. The highest BCUT2D eigenvalue weighted by Gasteiger charge is 2.28. The third-order valence-electron chi connectivity index (χ3n) is 3.99. The molecular formula is C18H19N3O2. The van der Waals surface area contributed by atoms with E-state index in [2.05, 4.69) is 10.3 Å². The lowest BCUT2D eigenvalue weighted by atomic mass is 10.2. The summed E-state index contributed by atoms with van der Waals surface area (Å²) in [6, 6.07) is 12.9. The van der Waals surface area contributed by atoms with E-state index in [0.717, 1.165) is 17.8 Å². The van der Waals surface area contributed by atoms with Crippen LogP contribution >= 0.6 is 0 Å². The zero-order valence-electron chi connectivity index (χ0n) is 13.2. The van der Waals surface area contributed by atoms with E-state index in [0.29, 0.717) is 17.8 Å². The summed E-state index contributed by atoms with van der Waals surface area (Å²) in [6.07, 6.45) is 1.44. The first kappa shape index (κ1) is 15.2. The van der Waals surface area contributed by atoms with Gasteiger partial charge in [-0.2, -0.15) is 0 Å². The Morgan fingerprint density at radius 1 is 1.26 bits per heavy atom. The molecule has 1 aliphatic heterocycles. The number of aryl methyl sites for hydroxylation is 1. The molecule has 1 fully saturated rings. The molecule has 0 spiro atoms. The average molecular weight is 309 g/mol. The van der Waals surface area contributed by atoms with Crippen molar-refractivity contribution in [1.82, 2.24) is 4.98 Å². The van der Waals surface area contributed by atoms with Crippen LogP contribution in [0.15, 0.2) is 42.5 Å². The fourth-order valence-electron chi connectivity index (χ4n) is 2.82. The number of nitrogens with one attached hydrogen (secondary N) is 1. The molecule has 23 heavy (non-hydrogen) atoms. The number of hydrogen-bond donors (Lipinski definition) is 1. The van der Waals surface area contributed by atoms with Crippen molar-refractivity contribution in [2.45, 2.75) is 32.7 Å². The molecule has 0 bridgehead atoms. The Labute approximate surface area is 135 Å². The number of hydrogen-bond acceptors (Lipinski definition) is 3. The van der Waals surface area contributed by atoms with Crippen molar-refractivity contribution < 1.29 is 9.59 Å². The van der Waals surface area contributed by atoms with Crippen LogP contribution in [0.1, 0.15) is 35.9 Å². The van der Waals surface area contributed by atoms with Crippen LogP contribution in [0, 0.1) is 6.92 Å². The second-order valence-electron chi connectivity index (χ2n) is 5.82. The molecular weight excluding hydrogens is 290 g/mol. The van der Waals surface area contributed by atoms with Gasteiger partial charge in [0.1, 0.15) is 5.69 Å². The van der Waals surface area contributed by atoms with Gasteiger partial charge in [-0.05, 0) is 50.6 Å². The highest BCUT2D eigenvalue weighted by molar-refractivity contribution is 6.03. The molecule has 0 aliphatic carbocycles. The number of carbonyl (C=O) groups excluding carboxylic acids is 2. The molecule has 0 saturated carbocycles. The number of benzene rings is 1. The van der Waals surface area contributed by atoms with E-state index >= 15 is 0 Å². The van der Waals surface area contributed by atoms with Crippen molar-refractivity contribution in [3.63, 3.8) is 0 Å². The molecule has 1 aliphatic rings. The third-order valence-corrected chi connectivity index (χ3v) is 3.99. The van der Waals surface area contributed by atoms with Gasteiger partial charge in [-0.15, -0.1) is 0 Å². The minimum absolute atomic E-state index is 0.126. The summed E-state index contributed by atoms with van der Waals surface area (Å²) in [5.41, 5.74) is 2.64. The third kappa shape index (κ3) is 3.23. The van der Waals surface area contributed by atoms with Crippen LogP contribution in [0.25, 0.3) is 0 Å². The fourth-order valence-corrected chi connectivity index (χ4v) is 2.82. The van der Waals surface area contributed by atoms with E-state index in [1.807, 2.05) is 44.2 Å². The first-order chi connectivity index (χ1) is 11.0. The lowest BCUT2D eigenvalue weighted by Crippen LogP contribution is -2.30. The quantitative estimate of drug-likeness (QED) is 0.947. The molecule has 2 amide bonds. The SMILES string of the molecule is Cc1cccc(C(=O)Nc2cccc(N3C(=O)CCC3C)c2)n1. The smallest absolute Gasteiger partial charge is 0.274 e. The first-order valence-corrected chi connectivity index (χ1v) is 7.72. The summed E-state index contributed by atoms with van der Waals surface area (Å²) in [6.45, 7) is 3.88. The molecule has 1 atom stereocenters. The number of aromatic nitrogens is 1. The van der Waals surface area contributed by atoms with E-state index in [1.54, 1.807) is 17.0 Å². The molecule has 5 heteroatoms. The van der Waals surface area contributed by atoms with Crippen LogP contribution in [0.4, 0.5) is 11.4 Å². The Morgan fingerprint density at radius 2 is 2.04 bits per heavy atom. The number of anilines is 2. The molecule has 0 radical (unpaired) electrons. The lowest BCUT2D eigenvalue weighted by Gasteiger charge is -2.22. The standard InChI is InChI=1S/C18H19N3O2/c1-12-5-3-8-16(19-12)18(23)20-14-6-4-7-15(11-14)21-13(2)9-10-17(21)22/h3-8,11,13H,9-10H2,1-2H3,(H,20,23). The van der Waals surface area contributed by atoms with Crippen molar-refractivity contribution in [3.05, 3.63) is 53.9 Å². The Balaban J connectivity index is 1.80. The Morgan fingerprint density at radius 3 is 2.74 bits per heavy atom. The van der Waals surface area contributed by atoms with Gasteiger partial charge in [-0.1, -0.05) is 12.1 Å². The Hall–Kier alpha value is -2.69. The van der Waals surface area contributed by atoms with Crippen LogP contribution in [0.2, 0.25) is 0 Å². The summed E-state index contributed by atoms with van der Waals surface area (Å²) in [5.74, 6) is -0.132. The number of rotatable bonds is 3. The topological polar surface area (TPSA) is 62.3 Å². The largest absolute Gasteiger partial charge is 0.321 e. The monoisotopic (exact) mass is 309 g/mol. The fraction of sp³-hybridized carbons (Fsp3) is 0.278. The maximum atomic E-state index is 12.3. The molecule has 1 aromatic carbocycles. The zero-order chi connectivity index (χ0) is 16.4. The van der Waals surface area contributed by atoms with Crippen molar-refractivity contribution in [1.29, 1.82) is 0 Å². The second-order valence-corrected chi connectivity index (χ2v) is 5.82. The van der Waals surface area contributed by atoms with Gasteiger partial charge in [-0.25, -0.2) is 4.98 Å². The lowest BCUT2D eigenvalue weighted by molar-refractivity contribution is -0.117. The predicted molar refractivity (Wildman–Crippen MR) is 89.6 cm³/mol. The number of carbonyl (C=O) groups is 2. The number of nitrogens with zero attached hydrogens (tertiary/aromatic N) is 2. The van der Waals surface area contributed by atoms with Gasteiger partial charge >= 0.3 is 0 Å². The van der Waals surface area contributed by atoms with Crippen LogP contribution in [0.5, 0.6) is 0 Å². The van der Waals surface area contributed by atoms with Crippen LogP contribution in [0.3, 0.4) is 0 Å². The maximum absolute atomic E-state index is 12.3. The van der Waals surface area contributed by atoms with E-state index in [9.17, 15) is 9.59 Å². The van der Waals surface area contributed by atoms with Gasteiger partial charge in [-0.3, -0.25) is 9.59 Å². The molecule has 1 aromatic heterocycles. The summed E-state index contributed by atoms with van der Waals surface area (Å²) in [4.78, 5) is 30.3. The highest BCUT2D eigenvalue weighted by atomic mass is 16.2. The average Bonchev–Trinajstić information content (AvgIpc) is 2.86. The van der Waals surface area contributed by atoms with Crippen molar-refractivity contribution in [2.75, 3.05) is 10.2 Å². The van der Waals surface area contributed by atoms with Gasteiger partial charge in [0.25, 0.3) is 5.91 Å². The predicted octanol–water partition coefficient (Wildman–Crippen LogP) is 3.16. The molecule has 3 rings (SSSR count). The van der Waals surface area contributed by atoms with Gasteiger partial charge in [0.15, 0.2) is 0 Å². The van der Waals surface area contributed by atoms with E-state index in [1.165, 1.54) is 0 Å². The summed E-state index contributed by atoms with van der Waals surface area (Å²) < 4.78 is 0. The Bertz CT molecular complexity index is 757. The highest BCUT2D eigenvalue weighted by Crippen LogP contribution is 2.28. The molecule has 2 aromatic rings. The summed E-state index contributed by atoms with van der Waals surface area (Å²) >= 11 is 0. The van der Waals surface area contributed by atoms with Crippen LogP contribution in [-0.2, 0) is 4.79 Å². The van der Waals surface area contributed by atoms with Gasteiger partial charge in [0.2, 0.25) is 5.91 Å². The summed E-state index contributed by atoms with van der Waals surface area (Å²) in [7, 11) is 0. The first-order valence-electron chi connectivity index (χ1n) is 7.72. The van der Waals surface area contributed by atoms with E-state index in [4.69, 9.17) is 0 Å². The molecule has 1 N–H and O–H groups in total. The van der Waals surface area contributed by atoms with Crippen molar-refractivity contribution >= 4 is 23.2 Å². The minimum Gasteiger partial charge on any atom is -0.321 e. The summed E-state index contributed by atoms with van der Waals surface area (Å²) in [5, 5.41) is 2.84. The van der Waals surface area contributed by atoms with E-state index < -0.39 is 0 Å². The van der Waals surface area contributed by atoms with Gasteiger partial charge < -0.3 is 10.2 Å². The molecule has 1 saturated heterocycles. The maximum Gasteiger partial charge on any atom is 0.274 e. The normalized spacial score (nSPS) is 17.4.